The molecule has 0 radical (unpaired) electrons. The largest absolute Gasteiger partial charge is 0.494 e. The van der Waals surface area contributed by atoms with E-state index in [0.29, 0.717) is 39.6 Å². The van der Waals surface area contributed by atoms with E-state index in [0.717, 1.165) is 138 Å². The maximum atomic E-state index is 6.72. The standard InChI is InChI=1S/C108H156O6/c1-7-13-19-25-31-37-43-49-67-109-103-79-91-55-57-93-74-95(83-104(81-93)110-68-50-44-38-32-26-20-14-8-2)59-61-97-76-99(87-106(85-97)112-70-52-46-40-34-28-22-16-10-4)63-65-101-78-102(90-108(89-101)114-72-54-48-42-36-30-24-18-12-6)66-64-100-77-98(86-107(88-100)113-71-53-47-41-35-29-23-17-11-5)62-60-96-75-94(58-56-92(73-91)80-103)82-105(84-96)111-69-51-45-39-33-27-21-15-9-3/h55-66,73-90H,7-54,67-72H2,1-6H3. The molecule has 0 atom stereocenters. The van der Waals surface area contributed by atoms with Crippen LogP contribution < -0.4 is 28.4 Å². The summed E-state index contributed by atoms with van der Waals surface area (Å²) in [5.41, 5.74) is 0. The van der Waals surface area contributed by atoms with Crippen molar-refractivity contribution in [1.82, 2.24) is 0 Å². The van der Waals surface area contributed by atoms with Crippen LogP contribution in [-0.4, -0.2) is 39.6 Å². The second kappa shape index (κ2) is 61.9. The molecular weight excluding hydrogens is 1390 g/mol. The van der Waals surface area contributed by atoms with Gasteiger partial charge in [0, 0.05) is 0 Å². The molecule has 114 heavy (non-hydrogen) atoms. The first-order chi connectivity index (χ1) is 56.3. The van der Waals surface area contributed by atoms with Crippen molar-refractivity contribution in [2.24, 2.45) is 0 Å². The van der Waals surface area contributed by atoms with Crippen molar-refractivity contribution in [1.29, 1.82) is 0 Å². The highest BCUT2D eigenvalue weighted by Crippen LogP contribution is 2.29. The Bertz CT molecular complexity index is 3200. The fraction of sp³-hybridized carbons (Fsp3) is 0.556. The van der Waals surface area contributed by atoms with Gasteiger partial charge in [0.15, 0.2) is 0 Å². The Kier molecular flexibility index (Phi) is 50.9. The zero-order valence-corrected chi connectivity index (χ0v) is 73.0. The van der Waals surface area contributed by atoms with Crippen LogP contribution in [-0.2, 0) is 0 Å². The summed E-state index contributed by atoms with van der Waals surface area (Å²) >= 11 is 0. The molecule has 12 bridgehead atoms. The average Bonchev–Trinajstić information content (AvgIpc) is 0.847. The molecule has 0 N–H and O–H groups in total. The van der Waals surface area contributed by atoms with Crippen molar-refractivity contribution in [3.8, 4) is 34.5 Å². The van der Waals surface area contributed by atoms with E-state index in [4.69, 9.17) is 28.4 Å². The van der Waals surface area contributed by atoms with E-state index in [1.165, 1.54) is 270 Å². The van der Waals surface area contributed by atoms with Gasteiger partial charge in [-0.05, 0) is 212 Å². The van der Waals surface area contributed by atoms with Gasteiger partial charge in [-0.1, -0.05) is 384 Å². The minimum Gasteiger partial charge on any atom is -0.494 e. The van der Waals surface area contributed by atoms with Crippen LogP contribution in [0.3, 0.4) is 0 Å². The number of ether oxygens (including phenoxy) is 6. The molecule has 7 aromatic rings. The number of hydrogen-bond acceptors (Lipinski definition) is 6. The first kappa shape index (κ1) is 93.7. The summed E-state index contributed by atoms with van der Waals surface area (Å²) in [4.78, 5) is 0. The van der Waals surface area contributed by atoms with Gasteiger partial charge in [-0.2, -0.15) is 0 Å². The number of hydrogen-bond donors (Lipinski definition) is 0. The van der Waals surface area contributed by atoms with Crippen LogP contribution in [0.4, 0.5) is 0 Å². The van der Waals surface area contributed by atoms with Crippen molar-refractivity contribution in [2.75, 3.05) is 39.6 Å². The Morgan fingerprint density at radius 2 is 0.219 bits per heavy atom. The molecule has 0 aliphatic rings. The van der Waals surface area contributed by atoms with Gasteiger partial charge < -0.3 is 28.4 Å². The van der Waals surface area contributed by atoms with Crippen LogP contribution in [0.2, 0.25) is 0 Å². The van der Waals surface area contributed by atoms with Gasteiger partial charge >= 0.3 is 0 Å². The molecule has 624 valence electrons. The number of benzene rings is 6. The summed E-state index contributed by atoms with van der Waals surface area (Å²) in [6.07, 6.45) is 60.3. The monoisotopic (exact) mass is 1550 g/mol. The molecule has 0 saturated heterocycles. The molecule has 0 spiro atoms. The number of rotatable bonds is 60. The summed E-state index contributed by atoms with van der Waals surface area (Å²) in [6, 6.07) is 67.2. The summed E-state index contributed by atoms with van der Waals surface area (Å²) in [7, 11) is 0. The van der Waals surface area contributed by atoms with E-state index in [1.54, 1.807) is 0 Å². The Morgan fingerprint density at radius 1 is 0.123 bits per heavy atom. The van der Waals surface area contributed by atoms with E-state index in [2.05, 4.69) is 224 Å². The Hall–Kier alpha value is -7.44. The SMILES string of the molecule is CCCCCCCCCCOc1cc2ccc3cc(OCCCCCCCCCC)cc(ccc4cc(OCCCCCCCCCC)cc(ccc5cc(OCCCCCCCCCC)cc(ccc6cc(OCCCCCCCCCC)cc(ccc7cc(OCCCCCCCCCC)cc(ccc(c1)c2)c7)c6)c5)c4)c3. The fourth-order valence-electron chi connectivity index (χ4n) is 15.2. The lowest BCUT2D eigenvalue weighted by Gasteiger charge is -2.08. The van der Waals surface area contributed by atoms with Crippen LogP contribution in [0.5, 0.6) is 34.5 Å². The zero-order chi connectivity index (χ0) is 80.0. The van der Waals surface area contributed by atoms with Crippen LogP contribution >= 0.6 is 0 Å². The second-order valence-electron chi connectivity index (χ2n) is 33.0. The predicted octanol–water partition coefficient (Wildman–Crippen LogP) is 34.8. The highest BCUT2D eigenvalue weighted by Gasteiger charge is 2.07. The third kappa shape index (κ3) is 43.5. The molecule has 0 amide bonds. The fourth-order valence-corrected chi connectivity index (χ4v) is 15.2. The van der Waals surface area contributed by atoms with Gasteiger partial charge in [0.05, 0.1) is 39.6 Å². The molecule has 0 unspecified atom stereocenters. The first-order valence-electron chi connectivity index (χ1n) is 47.1. The second-order valence-corrected chi connectivity index (χ2v) is 33.0. The van der Waals surface area contributed by atoms with E-state index in [9.17, 15) is 0 Å². The minimum absolute atomic E-state index is 0.689. The summed E-state index contributed by atoms with van der Waals surface area (Å²) < 4.78 is 40.3. The first-order valence-corrected chi connectivity index (χ1v) is 47.1. The van der Waals surface area contributed by atoms with Crippen molar-refractivity contribution < 1.29 is 28.4 Å². The highest BCUT2D eigenvalue weighted by atomic mass is 16.5. The summed E-state index contributed by atoms with van der Waals surface area (Å²) in [5, 5.41) is 12.9. The third-order valence-corrected chi connectivity index (χ3v) is 22.1. The zero-order valence-electron chi connectivity index (χ0n) is 73.0. The smallest absolute Gasteiger partial charge is 0.120 e. The molecule has 7 aromatic carbocycles. The Labute approximate surface area is 694 Å². The van der Waals surface area contributed by atoms with Gasteiger partial charge in [0.2, 0.25) is 0 Å². The summed E-state index contributed by atoms with van der Waals surface area (Å²) in [6.45, 7) is 17.9. The topological polar surface area (TPSA) is 55.4 Å². The van der Waals surface area contributed by atoms with Gasteiger partial charge in [-0.25, -0.2) is 0 Å². The molecule has 0 aliphatic carbocycles. The van der Waals surface area contributed by atoms with E-state index < -0.39 is 0 Å². The van der Waals surface area contributed by atoms with Crippen LogP contribution in [0.15, 0.2) is 182 Å². The molecule has 0 fully saturated rings. The molecular formula is C108H156O6. The minimum atomic E-state index is 0.689. The predicted molar refractivity (Wildman–Crippen MR) is 499 cm³/mol. The molecule has 0 saturated carbocycles. The van der Waals surface area contributed by atoms with Crippen LogP contribution in [0, 0.1) is 0 Å². The number of fused-ring (bicyclic) bond motifs is 12. The van der Waals surface area contributed by atoms with Gasteiger partial charge in [0.25, 0.3) is 0 Å². The highest BCUT2D eigenvalue weighted by molar-refractivity contribution is 5.79. The van der Waals surface area contributed by atoms with Crippen molar-refractivity contribution in [3.05, 3.63) is 182 Å². The van der Waals surface area contributed by atoms with Gasteiger partial charge in [-0.3, -0.25) is 0 Å². The van der Waals surface area contributed by atoms with Crippen molar-refractivity contribution in [3.63, 3.8) is 0 Å². The summed E-state index contributed by atoms with van der Waals surface area (Å²) in [5.74, 6) is 5.31. The molecule has 6 nitrogen and oxygen atoms in total. The lowest BCUT2D eigenvalue weighted by Crippen LogP contribution is -1.97. The van der Waals surface area contributed by atoms with Gasteiger partial charge in [0.1, 0.15) is 34.5 Å². The molecule has 6 heteroatoms. The maximum absolute atomic E-state index is 6.72. The lowest BCUT2D eigenvalue weighted by molar-refractivity contribution is 0.304. The quantitative estimate of drug-likeness (QED) is 0.0354. The van der Waals surface area contributed by atoms with Gasteiger partial charge in [-0.15, -0.1) is 0 Å². The number of unbranched alkanes of at least 4 members (excludes halogenated alkanes) is 42. The van der Waals surface area contributed by atoms with Crippen molar-refractivity contribution in [2.45, 2.75) is 350 Å². The van der Waals surface area contributed by atoms with E-state index in [-0.39, 0.29) is 0 Å². The Morgan fingerprint density at radius 3 is 0.325 bits per heavy atom. The third-order valence-electron chi connectivity index (χ3n) is 22.1. The van der Waals surface area contributed by atoms with Crippen molar-refractivity contribution >= 4 is 64.6 Å². The van der Waals surface area contributed by atoms with Crippen LogP contribution in [0.25, 0.3) is 64.6 Å². The average molecular weight is 1550 g/mol. The van der Waals surface area contributed by atoms with E-state index >= 15 is 0 Å². The van der Waals surface area contributed by atoms with E-state index in [1.807, 2.05) is 0 Å². The maximum Gasteiger partial charge on any atom is 0.120 e. The molecule has 7 rings (SSSR count). The molecule has 0 aliphatic heterocycles. The lowest BCUT2D eigenvalue weighted by atomic mass is 10.1. The van der Waals surface area contributed by atoms with Crippen LogP contribution in [0.1, 0.15) is 350 Å². The molecule has 0 heterocycles. The normalized spacial score (nSPS) is 11.2. The molecule has 0 aromatic heterocycles. The Balaban J connectivity index is 1.41.